The van der Waals surface area contributed by atoms with Crippen molar-refractivity contribution in [1.82, 2.24) is 9.80 Å². The number of hydrogen-bond acceptors (Lipinski definition) is 5. The molecule has 0 spiro atoms. The van der Waals surface area contributed by atoms with Crippen molar-refractivity contribution in [3.05, 3.63) is 83.2 Å². The van der Waals surface area contributed by atoms with Gasteiger partial charge in [-0.15, -0.1) is 0 Å². The lowest BCUT2D eigenvalue weighted by molar-refractivity contribution is -0.140. The quantitative estimate of drug-likeness (QED) is 0.295. The molecule has 1 fully saturated rings. The van der Waals surface area contributed by atoms with E-state index in [1.807, 2.05) is 19.0 Å². The second kappa shape index (κ2) is 9.78. The van der Waals surface area contributed by atoms with Crippen LogP contribution >= 0.6 is 0 Å². The van der Waals surface area contributed by atoms with E-state index in [4.69, 9.17) is 4.74 Å². The first-order valence-corrected chi connectivity index (χ1v) is 10.3. The zero-order chi connectivity index (χ0) is 23.4. The molecular weight excluding hydrogens is 411 g/mol. The zero-order valence-corrected chi connectivity index (χ0v) is 18.5. The molecule has 168 valence electrons. The Labute approximate surface area is 187 Å². The van der Waals surface area contributed by atoms with Gasteiger partial charge >= 0.3 is 0 Å². The van der Waals surface area contributed by atoms with Crippen molar-refractivity contribution >= 4 is 17.4 Å². The first-order valence-electron chi connectivity index (χ1n) is 10.3. The fourth-order valence-electron chi connectivity index (χ4n) is 3.70. The van der Waals surface area contributed by atoms with Gasteiger partial charge in [0, 0.05) is 18.7 Å². The third-order valence-electron chi connectivity index (χ3n) is 5.33. The SMILES string of the molecule is C=CCOc1ccc(/C(O)=C2\C(=O)C(=O)N(CCN(C)C)C2c2ccc(F)cc2)c(C)c1. The summed E-state index contributed by atoms with van der Waals surface area (Å²) < 4.78 is 19.1. The van der Waals surface area contributed by atoms with Crippen molar-refractivity contribution in [2.45, 2.75) is 13.0 Å². The number of carbonyl (C=O) groups is 2. The molecule has 1 aliphatic rings. The molecule has 7 heteroatoms. The summed E-state index contributed by atoms with van der Waals surface area (Å²) in [6.07, 6.45) is 1.63. The van der Waals surface area contributed by atoms with E-state index in [-0.39, 0.29) is 17.9 Å². The summed E-state index contributed by atoms with van der Waals surface area (Å²) in [5.74, 6) is -1.54. The van der Waals surface area contributed by atoms with E-state index in [0.29, 0.717) is 35.6 Å². The van der Waals surface area contributed by atoms with Crippen molar-refractivity contribution < 1.29 is 23.8 Å². The lowest BCUT2D eigenvalue weighted by atomic mass is 9.94. The number of aliphatic hydroxyl groups is 1. The third kappa shape index (κ3) is 4.73. The van der Waals surface area contributed by atoms with Gasteiger partial charge in [0.25, 0.3) is 11.7 Å². The number of Topliss-reactive ketones (excluding diaryl/α,β-unsaturated/α-hetero) is 1. The maximum absolute atomic E-state index is 13.5. The van der Waals surface area contributed by atoms with Gasteiger partial charge < -0.3 is 19.6 Å². The van der Waals surface area contributed by atoms with Crippen LogP contribution in [-0.4, -0.2) is 60.4 Å². The minimum Gasteiger partial charge on any atom is -0.507 e. The van der Waals surface area contributed by atoms with Crippen LogP contribution in [0.4, 0.5) is 4.39 Å². The van der Waals surface area contributed by atoms with E-state index in [1.54, 1.807) is 31.2 Å². The minimum absolute atomic E-state index is 0.0109. The first-order chi connectivity index (χ1) is 15.2. The first kappa shape index (κ1) is 23.2. The third-order valence-corrected chi connectivity index (χ3v) is 5.33. The monoisotopic (exact) mass is 438 g/mol. The summed E-state index contributed by atoms with van der Waals surface area (Å²) in [5, 5.41) is 11.2. The largest absolute Gasteiger partial charge is 0.507 e. The normalized spacial score (nSPS) is 17.8. The molecule has 32 heavy (non-hydrogen) atoms. The second-order valence-corrected chi connectivity index (χ2v) is 7.92. The number of nitrogens with zero attached hydrogens (tertiary/aromatic N) is 2. The number of benzene rings is 2. The highest BCUT2D eigenvalue weighted by Crippen LogP contribution is 2.40. The van der Waals surface area contributed by atoms with Crippen LogP contribution in [0.2, 0.25) is 0 Å². The molecule has 1 N–H and O–H groups in total. The van der Waals surface area contributed by atoms with Crippen LogP contribution in [-0.2, 0) is 9.59 Å². The number of ketones is 1. The molecule has 3 rings (SSSR count). The number of likely N-dealkylation sites (tertiary alicyclic amines) is 1. The standard InChI is InChI=1S/C25H27FN2O4/c1-5-14-32-19-10-11-20(16(2)15-19)23(29)21-22(17-6-8-18(26)9-7-17)28(13-12-27(3)4)25(31)24(21)30/h5-11,15,22,29H,1,12-14H2,2-4H3/b23-21+. The number of aryl methyl sites for hydroxylation is 1. The number of rotatable bonds is 8. The van der Waals surface area contributed by atoms with Crippen LogP contribution in [0.15, 0.2) is 60.7 Å². The molecule has 0 aromatic heterocycles. The minimum atomic E-state index is -0.813. The predicted octanol–water partition coefficient (Wildman–Crippen LogP) is 3.68. The van der Waals surface area contributed by atoms with E-state index >= 15 is 0 Å². The van der Waals surface area contributed by atoms with E-state index in [0.717, 1.165) is 0 Å². The van der Waals surface area contributed by atoms with Gasteiger partial charge in [0.2, 0.25) is 0 Å². The smallest absolute Gasteiger partial charge is 0.295 e. The van der Waals surface area contributed by atoms with E-state index in [2.05, 4.69) is 6.58 Å². The van der Waals surface area contributed by atoms with Crippen molar-refractivity contribution in [2.24, 2.45) is 0 Å². The summed E-state index contributed by atoms with van der Waals surface area (Å²) in [4.78, 5) is 29.2. The Bertz CT molecular complexity index is 1060. The van der Waals surface area contributed by atoms with E-state index < -0.39 is 23.5 Å². The Morgan fingerprint density at radius 3 is 2.50 bits per heavy atom. The maximum atomic E-state index is 13.5. The van der Waals surface area contributed by atoms with Gasteiger partial charge in [0.1, 0.15) is 23.9 Å². The summed E-state index contributed by atoms with van der Waals surface area (Å²) in [7, 11) is 3.73. The van der Waals surface area contributed by atoms with Gasteiger partial charge in [-0.3, -0.25) is 9.59 Å². The molecule has 2 aromatic carbocycles. The number of hydrogen-bond donors (Lipinski definition) is 1. The Kier molecular flexibility index (Phi) is 7.10. The van der Waals surface area contributed by atoms with Crippen LogP contribution in [0, 0.1) is 12.7 Å². The zero-order valence-electron chi connectivity index (χ0n) is 18.5. The number of likely N-dealkylation sites (N-methyl/N-ethyl adjacent to an activating group) is 1. The highest BCUT2D eigenvalue weighted by atomic mass is 19.1. The van der Waals surface area contributed by atoms with Gasteiger partial charge in [-0.05, 0) is 62.5 Å². The average molecular weight is 438 g/mol. The van der Waals surface area contributed by atoms with E-state index in [1.165, 1.54) is 29.2 Å². The Balaban J connectivity index is 2.11. The van der Waals surface area contributed by atoms with Crippen LogP contribution in [0.3, 0.4) is 0 Å². The van der Waals surface area contributed by atoms with E-state index in [9.17, 15) is 19.1 Å². The molecule has 1 amide bonds. The van der Waals surface area contributed by atoms with Crippen molar-refractivity contribution in [3.8, 4) is 5.75 Å². The van der Waals surface area contributed by atoms with Gasteiger partial charge in [-0.1, -0.05) is 24.8 Å². The Hall–Kier alpha value is -3.45. The van der Waals surface area contributed by atoms with Gasteiger partial charge in [0.15, 0.2) is 0 Å². The number of amides is 1. The van der Waals surface area contributed by atoms with Gasteiger partial charge in [0.05, 0.1) is 11.6 Å². The van der Waals surface area contributed by atoms with Crippen LogP contribution in [0.1, 0.15) is 22.7 Å². The maximum Gasteiger partial charge on any atom is 0.295 e. The molecule has 1 atom stereocenters. The summed E-state index contributed by atoms with van der Waals surface area (Å²) in [6.45, 7) is 6.54. The lowest BCUT2D eigenvalue weighted by Crippen LogP contribution is -2.35. The molecule has 6 nitrogen and oxygen atoms in total. The lowest BCUT2D eigenvalue weighted by Gasteiger charge is -2.26. The Morgan fingerprint density at radius 1 is 1.22 bits per heavy atom. The molecule has 0 radical (unpaired) electrons. The van der Waals surface area contributed by atoms with Crippen molar-refractivity contribution in [3.63, 3.8) is 0 Å². The molecule has 1 heterocycles. The second-order valence-electron chi connectivity index (χ2n) is 7.92. The van der Waals surface area contributed by atoms with Gasteiger partial charge in [-0.25, -0.2) is 4.39 Å². The van der Waals surface area contributed by atoms with Crippen molar-refractivity contribution in [2.75, 3.05) is 33.8 Å². The average Bonchev–Trinajstić information content (AvgIpc) is 3.01. The molecule has 1 saturated heterocycles. The molecule has 1 unspecified atom stereocenters. The topological polar surface area (TPSA) is 70.1 Å². The Morgan fingerprint density at radius 2 is 1.91 bits per heavy atom. The number of ether oxygens (including phenoxy) is 1. The fourth-order valence-corrected chi connectivity index (χ4v) is 3.70. The van der Waals surface area contributed by atoms with Crippen LogP contribution < -0.4 is 4.74 Å². The van der Waals surface area contributed by atoms with Crippen molar-refractivity contribution in [1.29, 1.82) is 0 Å². The van der Waals surface area contributed by atoms with Crippen LogP contribution in [0.25, 0.3) is 5.76 Å². The summed E-state index contributed by atoms with van der Waals surface area (Å²) >= 11 is 0. The highest BCUT2D eigenvalue weighted by molar-refractivity contribution is 6.46. The van der Waals surface area contributed by atoms with Gasteiger partial charge in [-0.2, -0.15) is 0 Å². The fraction of sp³-hybridized carbons (Fsp3) is 0.280. The number of aliphatic hydroxyl groups excluding tert-OH is 1. The number of carbonyl (C=O) groups excluding carboxylic acids is 2. The molecule has 1 aliphatic heterocycles. The molecule has 0 bridgehead atoms. The molecule has 0 aliphatic carbocycles. The summed E-state index contributed by atoms with van der Waals surface area (Å²) in [5.41, 5.74) is 1.65. The predicted molar refractivity (Wildman–Crippen MR) is 121 cm³/mol. The summed E-state index contributed by atoms with van der Waals surface area (Å²) in [6, 6.07) is 9.87. The molecular formula is C25H27FN2O4. The number of halogens is 1. The van der Waals surface area contributed by atoms with Crippen LogP contribution in [0.5, 0.6) is 5.75 Å². The molecule has 2 aromatic rings. The highest BCUT2D eigenvalue weighted by Gasteiger charge is 2.46. The molecule has 0 saturated carbocycles.